The number of hydrogen-bond acceptors (Lipinski definition) is 5. The fourth-order valence-corrected chi connectivity index (χ4v) is 7.04. The van der Waals surface area contributed by atoms with Crippen molar-refractivity contribution in [1.82, 2.24) is 0 Å². The second-order valence-corrected chi connectivity index (χ2v) is 12.2. The van der Waals surface area contributed by atoms with Crippen LogP contribution in [0.5, 0.6) is 0 Å². The molecule has 2 bridgehead atoms. The van der Waals surface area contributed by atoms with Gasteiger partial charge in [-0.25, -0.2) is 0 Å². The van der Waals surface area contributed by atoms with E-state index in [4.69, 9.17) is 9.47 Å². The summed E-state index contributed by atoms with van der Waals surface area (Å²) in [5.74, 6) is 3.26. The highest BCUT2D eigenvalue weighted by molar-refractivity contribution is 7.84. The molecule has 0 aromatic rings. The lowest BCUT2D eigenvalue weighted by Gasteiger charge is -2.28. The molecule has 0 saturated carbocycles. The Morgan fingerprint density at radius 2 is 1.69 bits per heavy atom. The van der Waals surface area contributed by atoms with Crippen LogP contribution >= 0.6 is 0 Å². The van der Waals surface area contributed by atoms with Crippen LogP contribution in [0.2, 0.25) is 0 Å². The first kappa shape index (κ1) is 27.6. The zero-order valence-electron chi connectivity index (χ0n) is 21.2. The van der Waals surface area contributed by atoms with Gasteiger partial charge >= 0.3 is 0 Å². The summed E-state index contributed by atoms with van der Waals surface area (Å²) in [5, 5.41) is 12.7. The molecule has 6 heteroatoms. The van der Waals surface area contributed by atoms with Crippen molar-refractivity contribution in [3.05, 3.63) is 0 Å². The Balaban J connectivity index is 1.70. The predicted octanol–water partition coefficient (Wildman–Crippen LogP) is 6.69. The minimum absolute atomic E-state index is 0.240. The maximum atomic E-state index is 12.7. The van der Waals surface area contributed by atoms with E-state index < -0.39 is 10.8 Å². The highest BCUT2D eigenvalue weighted by Crippen LogP contribution is 2.46. The van der Waals surface area contributed by atoms with Crippen LogP contribution in [-0.2, 0) is 20.3 Å². The van der Waals surface area contributed by atoms with Crippen LogP contribution in [-0.4, -0.2) is 45.6 Å². The molecule has 188 valence electrons. The summed E-state index contributed by atoms with van der Waals surface area (Å²) in [7, 11) is -0.699. The first-order chi connectivity index (χ1) is 15.4. The number of unbranched alkanes of at least 4 members (excludes halogenated alkanes) is 6. The maximum Gasteiger partial charge on any atom is 0.231 e. The van der Waals surface area contributed by atoms with Crippen molar-refractivity contribution in [3.8, 4) is 0 Å². The van der Waals surface area contributed by atoms with Crippen LogP contribution in [0.25, 0.3) is 0 Å². The molecule has 2 heterocycles. The number of oxime groups is 1. The van der Waals surface area contributed by atoms with Gasteiger partial charge in [-0.15, -0.1) is 0 Å². The lowest BCUT2D eigenvalue weighted by molar-refractivity contribution is 0.0874. The van der Waals surface area contributed by atoms with Crippen LogP contribution in [0.1, 0.15) is 111 Å². The summed E-state index contributed by atoms with van der Waals surface area (Å²) in [5.41, 5.74) is -0.240. The van der Waals surface area contributed by atoms with Gasteiger partial charge in [-0.05, 0) is 44.4 Å². The molecule has 0 aliphatic carbocycles. The van der Waals surface area contributed by atoms with Gasteiger partial charge in [0.15, 0.2) is 0 Å². The van der Waals surface area contributed by atoms with Crippen LogP contribution in [0.4, 0.5) is 0 Å². The lowest BCUT2D eigenvalue weighted by atomic mass is 9.77. The summed E-state index contributed by atoms with van der Waals surface area (Å²) in [4.78, 5) is 0. The van der Waals surface area contributed by atoms with Crippen molar-refractivity contribution in [2.45, 2.75) is 123 Å². The van der Waals surface area contributed by atoms with Crippen LogP contribution in [0.15, 0.2) is 5.16 Å². The monoisotopic (exact) mass is 471 g/mol. The minimum atomic E-state index is -0.699. The van der Waals surface area contributed by atoms with E-state index in [1.165, 1.54) is 44.9 Å². The number of rotatable bonds is 17. The Labute approximate surface area is 199 Å². The molecule has 0 aromatic carbocycles. The molecule has 1 unspecified atom stereocenters. The van der Waals surface area contributed by atoms with E-state index in [0.29, 0.717) is 36.5 Å². The predicted molar refractivity (Wildman–Crippen MR) is 134 cm³/mol. The van der Waals surface area contributed by atoms with Gasteiger partial charge in [-0.1, -0.05) is 77.8 Å². The normalized spacial score (nSPS) is 26.6. The topological polar surface area (TPSA) is 68.1 Å². The third-order valence-electron chi connectivity index (χ3n) is 7.40. The molecule has 5 nitrogen and oxygen atoms in total. The molecule has 5 atom stereocenters. The molecule has 2 rings (SSSR count). The van der Waals surface area contributed by atoms with E-state index in [0.717, 1.165) is 50.0 Å². The maximum absolute atomic E-state index is 12.7. The van der Waals surface area contributed by atoms with Gasteiger partial charge in [0.25, 0.3) is 0 Å². The van der Waals surface area contributed by atoms with Gasteiger partial charge < -0.3 is 14.7 Å². The standard InChI is InChI=1S/C26H49NO4S/c1-5-7-8-9-13-19-32(29)20-22-21(23-15-16-24(22)31-23)14-11-10-12-17-26(3,4)25(27-28)30-18-6-2/h21-24,28H,5-20H2,1-4H3/t21-,22+,23-,24+,32?/m1/s1. The number of hydrogen-bond donors (Lipinski definition) is 1. The zero-order valence-corrected chi connectivity index (χ0v) is 22.0. The minimum Gasteiger partial charge on any atom is -0.478 e. The number of fused-ring (bicyclic) bond motifs is 2. The van der Waals surface area contributed by atoms with Crippen molar-refractivity contribution >= 4 is 16.7 Å². The molecule has 2 fully saturated rings. The quantitative estimate of drug-likeness (QED) is 0.0843. The smallest absolute Gasteiger partial charge is 0.231 e. The molecule has 1 N–H and O–H groups in total. The highest BCUT2D eigenvalue weighted by Gasteiger charge is 2.48. The number of nitrogens with zero attached hydrogens (tertiary/aromatic N) is 1. The summed E-state index contributed by atoms with van der Waals surface area (Å²) >= 11 is 0. The average molecular weight is 472 g/mol. The molecule has 0 radical (unpaired) electrons. The third-order valence-corrected chi connectivity index (χ3v) is 8.90. The van der Waals surface area contributed by atoms with Crippen molar-refractivity contribution < 1.29 is 18.9 Å². The fraction of sp³-hybridized carbons (Fsp3) is 0.962. The summed E-state index contributed by atoms with van der Waals surface area (Å²) in [6.07, 6.45) is 15.8. The summed E-state index contributed by atoms with van der Waals surface area (Å²) in [6, 6.07) is 0. The summed E-state index contributed by atoms with van der Waals surface area (Å²) < 4.78 is 24.6. The van der Waals surface area contributed by atoms with Gasteiger partial charge in [0, 0.05) is 33.6 Å². The molecular formula is C26H49NO4S. The van der Waals surface area contributed by atoms with Crippen LogP contribution in [0.3, 0.4) is 0 Å². The molecule has 2 aliphatic heterocycles. The highest BCUT2D eigenvalue weighted by atomic mass is 32.2. The molecular weight excluding hydrogens is 422 g/mol. The van der Waals surface area contributed by atoms with Crippen molar-refractivity contribution in [1.29, 1.82) is 0 Å². The molecule has 32 heavy (non-hydrogen) atoms. The zero-order chi connectivity index (χ0) is 23.4. The van der Waals surface area contributed by atoms with Gasteiger partial charge in [0.2, 0.25) is 5.90 Å². The van der Waals surface area contributed by atoms with E-state index in [2.05, 4.69) is 32.9 Å². The van der Waals surface area contributed by atoms with Crippen LogP contribution in [0, 0.1) is 17.3 Å². The largest absolute Gasteiger partial charge is 0.478 e. The van der Waals surface area contributed by atoms with Gasteiger partial charge in [0.1, 0.15) is 0 Å². The molecule has 0 amide bonds. The van der Waals surface area contributed by atoms with Crippen molar-refractivity contribution in [2.24, 2.45) is 22.4 Å². The Bertz CT molecular complexity index is 580. The second-order valence-electron chi connectivity index (χ2n) is 10.6. The Morgan fingerprint density at radius 1 is 1.00 bits per heavy atom. The first-order valence-corrected chi connectivity index (χ1v) is 14.8. The molecule has 0 spiro atoms. The van der Waals surface area contributed by atoms with Crippen molar-refractivity contribution in [3.63, 3.8) is 0 Å². The Hall–Kier alpha value is -0.620. The Morgan fingerprint density at radius 3 is 2.38 bits per heavy atom. The van der Waals surface area contributed by atoms with E-state index in [9.17, 15) is 9.42 Å². The van der Waals surface area contributed by atoms with E-state index in [-0.39, 0.29) is 5.41 Å². The van der Waals surface area contributed by atoms with E-state index >= 15 is 0 Å². The van der Waals surface area contributed by atoms with E-state index in [1.807, 2.05) is 0 Å². The SMILES string of the molecule is CCCCCCCS(=O)C[C@H]1[C@@H](CCCCCC(C)(C)C(=NO)OCCC)[C@H]2CC[C@@H]1O2. The van der Waals surface area contributed by atoms with Gasteiger partial charge in [-0.2, -0.15) is 0 Å². The second kappa shape index (κ2) is 14.6. The fourth-order valence-electron chi connectivity index (χ4n) is 5.46. The van der Waals surface area contributed by atoms with Gasteiger partial charge in [0.05, 0.1) is 18.8 Å². The summed E-state index contributed by atoms with van der Waals surface area (Å²) in [6.45, 7) is 9.06. The van der Waals surface area contributed by atoms with E-state index in [1.54, 1.807) is 0 Å². The molecule has 0 aromatic heterocycles. The van der Waals surface area contributed by atoms with Crippen molar-refractivity contribution in [2.75, 3.05) is 18.1 Å². The van der Waals surface area contributed by atoms with Crippen LogP contribution < -0.4 is 0 Å². The molecule has 2 saturated heterocycles. The average Bonchev–Trinajstić information content (AvgIpc) is 3.36. The molecule has 2 aliphatic rings. The lowest BCUT2D eigenvalue weighted by Crippen LogP contribution is -2.32. The number of ether oxygens (including phenoxy) is 2. The van der Waals surface area contributed by atoms with Gasteiger partial charge in [-0.3, -0.25) is 4.21 Å². The third kappa shape index (κ3) is 8.62. The first-order valence-electron chi connectivity index (χ1n) is 13.3. The Kier molecular flexibility index (Phi) is 12.6.